The Bertz CT molecular complexity index is 647. The minimum Gasteiger partial charge on any atom is -0.339 e. The molecule has 8 heteroatoms. The topological polar surface area (TPSA) is 99.6 Å². The average Bonchev–Trinajstić information content (AvgIpc) is 2.48. The summed E-state index contributed by atoms with van der Waals surface area (Å²) in [7, 11) is 0. The molecule has 20 heavy (non-hydrogen) atoms. The minimum atomic E-state index is 0.502. The monoisotopic (exact) mass is 350 g/mol. The molecule has 0 fully saturated rings. The normalized spacial score (nSPS) is 9.90. The van der Waals surface area contributed by atoms with Gasteiger partial charge < -0.3 is 10.7 Å². The van der Waals surface area contributed by atoms with Gasteiger partial charge >= 0.3 is 0 Å². The number of nitriles is 1. The summed E-state index contributed by atoms with van der Waals surface area (Å²) >= 11 is 4.74. The lowest BCUT2D eigenvalue weighted by molar-refractivity contribution is 0.971. The van der Waals surface area contributed by atoms with Crippen LogP contribution in [0, 0.1) is 11.3 Å². The molecule has 4 N–H and O–H groups in total. The van der Waals surface area contributed by atoms with Crippen molar-refractivity contribution in [2.75, 3.05) is 17.0 Å². The predicted octanol–water partition coefficient (Wildman–Crippen LogP) is 2.86. The number of nitrogens with one attached hydrogen (secondary N) is 2. The molecule has 0 saturated heterocycles. The molecule has 2 rings (SSSR count). The molecule has 1 aromatic heterocycles. The van der Waals surface area contributed by atoms with Crippen LogP contribution in [-0.2, 0) is 0 Å². The zero-order valence-corrected chi connectivity index (χ0v) is 12.9. The van der Waals surface area contributed by atoms with Crippen LogP contribution < -0.4 is 16.6 Å². The molecular weight excluding hydrogens is 340 g/mol. The van der Waals surface area contributed by atoms with E-state index in [0.717, 1.165) is 4.47 Å². The van der Waals surface area contributed by atoms with Crippen molar-refractivity contribution < 1.29 is 0 Å². The fourth-order valence-electron chi connectivity index (χ4n) is 1.51. The second-order valence-electron chi connectivity index (χ2n) is 3.70. The van der Waals surface area contributed by atoms with E-state index in [0.29, 0.717) is 28.0 Å². The summed E-state index contributed by atoms with van der Waals surface area (Å²) in [5.41, 5.74) is 3.68. The van der Waals surface area contributed by atoms with Gasteiger partial charge in [-0.2, -0.15) is 5.26 Å². The molecule has 0 aliphatic heterocycles. The number of anilines is 3. The third kappa shape index (κ3) is 3.39. The molecule has 0 atom stereocenters. The highest BCUT2D eigenvalue weighted by atomic mass is 79.9. The average molecular weight is 351 g/mol. The fourth-order valence-corrected chi connectivity index (χ4v) is 2.25. The number of nitrogens with zero attached hydrogens (tertiary/aromatic N) is 3. The fraction of sp³-hybridized carbons (Fsp3) is 0.0833. The van der Waals surface area contributed by atoms with E-state index in [4.69, 9.17) is 11.1 Å². The van der Waals surface area contributed by atoms with Crippen molar-refractivity contribution in [2.45, 2.75) is 5.16 Å². The summed E-state index contributed by atoms with van der Waals surface area (Å²) in [6.07, 6.45) is 1.87. The number of hydrogen-bond donors (Lipinski definition) is 3. The van der Waals surface area contributed by atoms with E-state index in [9.17, 15) is 0 Å². The first-order chi connectivity index (χ1) is 9.66. The van der Waals surface area contributed by atoms with Gasteiger partial charge in [0.25, 0.3) is 0 Å². The molecule has 6 nitrogen and oxygen atoms in total. The predicted molar refractivity (Wildman–Crippen MR) is 83.8 cm³/mol. The van der Waals surface area contributed by atoms with E-state index in [-0.39, 0.29) is 0 Å². The molecule has 0 bridgehead atoms. The molecule has 0 radical (unpaired) electrons. The molecular formula is C12H11BrN6S. The molecule has 0 aliphatic carbocycles. The van der Waals surface area contributed by atoms with Crippen LogP contribution in [0.25, 0.3) is 0 Å². The third-order valence-corrected chi connectivity index (χ3v) is 3.44. The summed E-state index contributed by atoms with van der Waals surface area (Å²) in [5.74, 6) is 6.44. The molecule has 0 amide bonds. The van der Waals surface area contributed by atoms with Gasteiger partial charge in [0.1, 0.15) is 17.7 Å². The summed E-state index contributed by atoms with van der Waals surface area (Å²) in [6.45, 7) is 0. The number of aromatic nitrogens is 2. The van der Waals surface area contributed by atoms with Crippen molar-refractivity contribution >= 4 is 45.0 Å². The second kappa shape index (κ2) is 6.56. The number of rotatable bonds is 4. The summed E-state index contributed by atoms with van der Waals surface area (Å²) < 4.78 is 0.844. The summed E-state index contributed by atoms with van der Waals surface area (Å²) in [5, 5.41) is 12.8. The van der Waals surface area contributed by atoms with Gasteiger partial charge in [-0.25, -0.2) is 15.8 Å². The van der Waals surface area contributed by atoms with Crippen molar-refractivity contribution in [2.24, 2.45) is 5.84 Å². The Morgan fingerprint density at radius 1 is 1.30 bits per heavy atom. The van der Waals surface area contributed by atoms with Gasteiger partial charge in [-0.15, -0.1) is 0 Å². The van der Waals surface area contributed by atoms with Crippen LogP contribution in [0.15, 0.2) is 33.9 Å². The Labute approximate surface area is 128 Å². The zero-order chi connectivity index (χ0) is 14.5. The molecule has 2 aromatic rings. The number of hydrogen-bond acceptors (Lipinski definition) is 7. The van der Waals surface area contributed by atoms with Crippen LogP contribution in [0.4, 0.5) is 17.3 Å². The quantitative estimate of drug-likeness (QED) is 0.337. The van der Waals surface area contributed by atoms with Gasteiger partial charge in [0, 0.05) is 10.5 Å². The van der Waals surface area contributed by atoms with Crippen LogP contribution in [0.1, 0.15) is 5.56 Å². The molecule has 0 spiro atoms. The Hall–Kier alpha value is -1.82. The van der Waals surface area contributed by atoms with Crippen LogP contribution in [0.3, 0.4) is 0 Å². The Balaban J connectivity index is 2.37. The molecule has 102 valence electrons. The highest BCUT2D eigenvalue weighted by Crippen LogP contribution is 2.25. The molecule has 0 saturated carbocycles. The standard InChI is InChI=1S/C12H11BrN6S/c1-20-12-17-10(5-11(18-12)19-15)16-9-3-2-8(13)4-7(9)6-14/h2-5H,15H2,1H3,(H2,16,17,18,19). The largest absolute Gasteiger partial charge is 0.339 e. The lowest BCUT2D eigenvalue weighted by Gasteiger charge is -2.10. The number of benzene rings is 1. The molecule has 1 aromatic carbocycles. The summed E-state index contributed by atoms with van der Waals surface area (Å²) in [4.78, 5) is 8.49. The van der Waals surface area contributed by atoms with Gasteiger partial charge in [-0.1, -0.05) is 27.7 Å². The Morgan fingerprint density at radius 2 is 2.05 bits per heavy atom. The van der Waals surface area contributed by atoms with E-state index >= 15 is 0 Å². The first-order valence-corrected chi connectivity index (χ1v) is 7.54. The lowest BCUT2D eigenvalue weighted by Crippen LogP contribution is -2.10. The van der Waals surface area contributed by atoms with Crippen LogP contribution in [0.5, 0.6) is 0 Å². The smallest absolute Gasteiger partial charge is 0.191 e. The van der Waals surface area contributed by atoms with Gasteiger partial charge in [0.2, 0.25) is 0 Å². The van der Waals surface area contributed by atoms with Crippen molar-refractivity contribution in [3.63, 3.8) is 0 Å². The van der Waals surface area contributed by atoms with Gasteiger partial charge in [0.15, 0.2) is 5.16 Å². The highest BCUT2D eigenvalue weighted by Gasteiger charge is 2.07. The van der Waals surface area contributed by atoms with Gasteiger partial charge in [0.05, 0.1) is 11.3 Å². The Morgan fingerprint density at radius 3 is 2.70 bits per heavy atom. The van der Waals surface area contributed by atoms with Crippen molar-refractivity contribution in [3.8, 4) is 6.07 Å². The zero-order valence-electron chi connectivity index (χ0n) is 10.5. The maximum atomic E-state index is 9.14. The SMILES string of the molecule is CSc1nc(NN)cc(Nc2ccc(Br)cc2C#N)n1. The van der Waals surface area contributed by atoms with Gasteiger partial charge in [-0.05, 0) is 24.5 Å². The van der Waals surface area contributed by atoms with E-state index in [1.165, 1.54) is 11.8 Å². The number of nitrogens with two attached hydrogens (primary N) is 1. The van der Waals surface area contributed by atoms with Crippen LogP contribution in [-0.4, -0.2) is 16.2 Å². The lowest BCUT2D eigenvalue weighted by atomic mass is 10.2. The molecule has 0 aliphatic rings. The second-order valence-corrected chi connectivity index (χ2v) is 5.39. The van der Waals surface area contributed by atoms with Crippen LogP contribution in [0.2, 0.25) is 0 Å². The van der Waals surface area contributed by atoms with Gasteiger partial charge in [-0.3, -0.25) is 0 Å². The summed E-state index contributed by atoms with van der Waals surface area (Å²) in [6, 6.07) is 9.19. The Kier molecular flexibility index (Phi) is 4.79. The highest BCUT2D eigenvalue weighted by molar-refractivity contribution is 9.10. The molecule has 0 unspecified atom stereocenters. The maximum Gasteiger partial charge on any atom is 0.191 e. The van der Waals surface area contributed by atoms with Crippen molar-refractivity contribution in [1.82, 2.24) is 9.97 Å². The van der Waals surface area contributed by atoms with Crippen LogP contribution >= 0.6 is 27.7 Å². The molecule has 1 heterocycles. The third-order valence-electron chi connectivity index (χ3n) is 2.40. The maximum absolute atomic E-state index is 9.14. The van der Waals surface area contributed by atoms with E-state index in [2.05, 4.69) is 42.7 Å². The number of halogens is 1. The first-order valence-electron chi connectivity index (χ1n) is 5.52. The van der Waals surface area contributed by atoms with E-state index in [1.54, 1.807) is 18.2 Å². The number of thioether (sulfide) groups is 1. The van der Waals surface area contributed by atoms with Crippen molar-refractivity contribution in [3.05, 3.63) is 34.3 Å². The number of hydrazine groups is 1. The minimum absolute atomic E-state index is 0.502. The first kappa shape index (κ1) is 14.6. The van der Waals surface area contributed by atoms with E-state index < -0.39 is 0 Å². The van der Waals surface area contributed by atoms with E-state index in [1.807, 2.05) is 12.3 Å². The van der Waals surface area contributed by atoms with Crippen molar-refractivity contribution in [1.29, 1.82) is 5.26 Å². The number of nitrogen functional groups attached to an aromatic ring is 1.